The van der Waals surface area contributed by atoms with E-state index in [4.69, 9.17) is 10.8 Å². The van der Waals surface area contributed by atoms with E-state index in [0.717, 1.165) is 16.8 Å². The van der Waals surface area contributed by atoms with Gasteiger partial charge >= 0.3 is 0 Å². The maximum atomic E-state index is 11.5. The molecule has 0 fully saturated rings. The Morgan fingerprint density at radius 3 is 2.75 bits per heavy atom. The standard InChI is InChI=1S/C12H18N2O2/c1-8-3-4-11(9(2)5-8)14-12(16)6-10(13)7-15/h3-5,10,15H,6-7,13H2,1-2H3,(H,14,16). The summed E-state index contributed by atoms with van der Waals surface area (Å²) < 4.78 is 0. The van der Waals surface area contributed by atoms with Gasteiger partial charge in [-0.25, -0.2) is 0 Å². The number of carbonyl (C=O) groups is 1. The largest absolute Gasteiger partial charge is 0.395 e. The number of nitrogens with two attached hydrogens (primary N) is 1. The Hall–Kier alpha value is -1.39. The van der Waals surface area contributed by atoms with E-state index >= 15 is 0 Å². The second kappa shape index (κ2) is 5.63. The summed E-state index contributed by atoms with van der Waals surface area (Å²) >= 11 is 0. The Morgan fingerprint density at radius 1 is 1.50 bits per heavy atom. The summed E-state index contributed by atoms with van der Waals surface area (Å²) in [5.74, 6) is -0.173. The molecule has 0 radical (unpaired) electrons. The monoisotopic (exact) mass is 222 g/mol. The number of benzene rings is 1. The molecule has 0 aliphatic rings. The SMILES string of the molecule is Cc1ccc(NC(=O)CC(N)CO)c(C)c1. The smallest absolute Gasteiger partial charge is 0.226 e. The normalized spacial score (nSPS) is 12.2. The molecule has 0 saturated carbocycles. The summed E-state index contributed by atoms with van der Waals surface area (Å²) in [6, 6.07) is 5.31. The van der Waals surface area contributed by atoms with Crippen LogP contribution in [0.3, 0.4) is 0 Å². The Bertz CT molecular complexity index is 377. The van der Waals surface area contributed by atoms with Gasteiger partial charge in [0.05, 0.1) is 6.61 Å². The maximum Gasteiger partial charge on any atom is 0.226 e. The van der Waals surface area contributed by atoms with Crippen molar-refractivity contribution in [1.82, 2.24) is 0 Å². The minimum Gasteiger partial charge on any atom is -0.395 e. The molecule has 1 amide bonds. The van der Waals surface area contributed by atoms with Crippen LogP contribution in [0.5, 0.6) is 0 Å². The second-order valence-electron chi connectivity index (χ2n) is 4.01. The molecule has 0 aromatic heterocycles. The molecule has 1 aromatic rings. The fourth-order valence-electron chi connectivity index (χ4n) is 1.46. The summed E-state index contributed by atoms with van der Waals surface area (Å²) in [6.45, 7) is 3.76. The van der Waals surface area contributed by atoms with Gasteiger partial charge in [-0.1, -0.05) is 17.7 Å². The summed E-state index contributed by atoms with van der Waals surface area (Å²) in [6.07, 6.45) is 0.129. The Kier molecular flexibility index (Phi) is 4.46. The van der Waals surface area contributed by atoms with Crippen molar-refractivity contribution in [2.45, 2.75) is 26.3 Å². The van der Waals surface area contributed by atoms with Crippen molar-refractivity contribution in [2.24, 2.45) is 5.73 Å². The van der Waals surface area contributed by atoms with E-state index in [0.29, 0.717) is 0 Å². The summed E-state index contributed by atoms with van der Waals surface area (Å²) in [5.41, 5.74) is 8.45. The molecule has 1 unspecified atom stereocenters. The number of aryl methyl sites for hydroxylation is 2. The molecule has 1 atom stereocenters. The Labute approximate surface area is 95.5 Å². The third kappa shape index (κ3) is 3.64. The fourth-order valence-corrected chi connectivity index (χ4v) is 1.46. The van der Waals surface area contributed by atoms with Crippen LogP contribution in [0, 0.1) is 13.8 Å². The van der Waals surface area contributed by atoms with Crippen LogP contribution in [0.4, 0.5) is 5.69 Å². The van der Waals surface area contributed by atoms with Gasteiger partial charge in [-0.05, 0) is 25.5 Å². The number of carbonyl (C=O) groups excluding carboxylic acids is 1. The fraction of sp³-hybridized carbons (Fsp3) is 0.417. The predicted octanol–water partition coefficient (Wildman–Crippen LogP) is 0.952. The first-order chi connectivity index (χ1) is 7.52. The van der Waals surface area contributed by atoms with Gasteiger partial charge in [-0.2, -0.15) is 0 Å². The zero-order valence-corrected chi connectivity index (χ0v) is 9.66. The predicted molar refractivity (Wildman–Crippen MR) is 64.2 cm³/mol. The lowest BCUT2D eigenvalue weighted by atomic mass is 10.1. The van der Waals surface area contributed by atoms with Crippen molar-refractivity contribution in [1.29, 1.82) is 0 Å². The zero-order valence-electron chi connectivity index (χ0n) is 9.66. The van der Waals surface area contributed by atoms with Gasteiger partial charge in [0, 0.05) is 18.2 Å². The third-order valence-corrected chi connectivity index (χ3v) is 2.34. The van der Waals surface area contributed by atoms with Gasteiger partial charge in [-0.15, -0.1) is 0 Å². The van der Waals surface area contributed by atoms with Crippen molar-refractivity contribution in [3.63, 3.8) is 0 Å². The summed E-state index contributed by atoms with van der Waals surface area (Å²) in [5, 5.41) is 11.5. The molecule has 0 heterocycles. The molecule has 4 N–H and O–H groups in total. The average Bonchev–Trinajstić information content (AvgIpc) is 2.22. The third-order valence-electron chi connectivity index (χ3n) is 2.34. The molecular weight excluding hydrogens is 204 g/mol. The zero-order chi connectivity index (χ0) is 12.1. The molecule has 4 heteroatoms. The molecule has 16 heavy (non-hydrogen) atoms. The molecular formula is C12H18N2O2. The van der Waals surface area contributed by atoms with Crippen LogP contribution in [0.25, 0.3) is 0 Å². The highest BCUT2D eigenvalue weighted by Gasteiger charge is 2.09. The van der Waals surface area contributed by atoms with Gasteiger partial charge in [0.1, 0.15) is 0 Å². The molecule has 88 valence electrons. The van der Waals surface area contributed by atoms with Crippen LogP contribution in [0.15, 0.2) is 18.2 Å². The summed E-state index contributed by atoms with van der Waals surface area (Å²) in [7, 11) is 0. The number of hydrogen-bond donors (Lipinski definition) is 3. The van der Waals surface area contributed by atoms with Crippen molar-refractivity contribution < 1.29 is 9.90 Å². The lowest BCUT2D eigenvalue weighted by molar-refractivity contribution is -0.116. The first kappa shape index (κ1) is 12.7. The van der Waals surface area contributed by atoms with Crippen LogP contribution >= 0.6 is 0 Å². The molecule has 1 rings (SSSR count). The van der Waals surface area contributed by atoms with Crippen molar-refractivity contribution in [3.05, 3.63) is 29.3 Å². The number of aliphatic hydroxyl groups is 1. The van der Waals surface area contributed by atoms with E-state index in [2.05, 4.69) is 5.32 Å². The topological polar surface area (TPSA) is 75.4 Å². The minimum atomic E-state index is -0.495. The van der Waals surface area contributed by atoms with E-state index in [1.165, 1.54) is 0 Å². The number of hydrogen-bond acceptors (Lipinski definition) is 3. The van der Waals surface area contributed by atoms with Crippen molar-refractivity contribution in [3.8, 4) is 0 Å². The van der Waals surface area contributed by atoms with Crippen LogP contribution in [-0.4, -0.2) is 23.7 Å². The number of aliphatic hydroxyl groups excluding tert-OH is 1. The molecule has 0 saturated heterocycles. The van der Waals surface area contributed by atoms with Crippen molar-refractivity contribution in [2.75, 3.05) is 11.9 Å². The van der Waals surface area contributed by atoms with E-state index in [9.17, 15) is 4.79 Å². The second-order valence-corrected chi connectivity index (χ2v) is 4.01. The van der Waals surface area contributed by atoms with Crippen LogP contribution in [0.2, 0.25) is 0 Å². The van der Waals surface area contributed by atoms with Gasteiger partial charge in [-0.3, -0.25) is 4.79 Å². The van der Waals surface area contributed by atoms with E-state index in [1.807, 2.05) is 32.0 Å². The number of rotatable bonds is 4. The number of nitrogens with one attached hydrogen (secondary N) is 1. The molecule has 0 bridgehead atoms. The number of anilines is 1. The van der Waals surface area contributed by atoms with Crippen molar-refractivity contribution >= 4 is 11.6 Å². The molecule has 0 aliphatic carbocycles. The van der Waals surface area contributed by atoms with Gasteiger partial charge < -0.3 is 16.2 Å². The highest BCUT2D eigenvalue weighted by molar-refractivity contribution is 5.91. The van der Waals surface area contributed by atoms with Crippen LogP contribution in [0.1, 0.15) is 17.5 Å². The van der Waals surface area contributed by atoms with Crippen LogP contribution in [-0.2, 0) is 4.79 Å². The maximum absolute atomic E-state index is 11.5. The number of amides is 1. The molecule has 1 aromatic carbocycles. The first-order valence-corrected chi connectivity index (χ1v) is 5.26. The molecule has 0 aliphatic heterocycles. The highest BCUT2D eigenvalue weighted by atomic mass is 16.3. The highest BCUT2D eigenvalue weighted by Crippen LogP contribution is 2.16. The van der Waals surface area contributed by atoms with Gasteiger partial charge in [0.25, 0.3) is 0 Å². The average molecular weight is 222 g/mol. The van der Waals surface area contributed by atoms with Gasteiger partial charge in [0.2, 0.25) is 5.91 Å². The summed E-state index contributed by atoms with van der Waals surface area (Å²) in [4.78, 5) is 11.5. The van der Waals surface area contributed by atoms with Crippen LogP contribution < -0.4 is 11.1 Å². The Balaban J connectivity index is 2.63. The van der Waals surface area contributed by atoms with Gasteiger partial charge in [0.15, 0.2) is 0 Å². The first-order valence-electron chi connectivity index (χ1n) is 5.26. The quantitative estimate of drug-likeness (QED) is 0.710. The van der Waals surface area contributed by atoms with E-state index < -0.39 is 6.04 Å². The van der Waals surface area contributed by atoms with E-state index in [1.54, 1.807) is 0 Å². The molecule has 4 nitrogen and oxygen atoms in total. The minimum absolute atomic E-state index is 0.129. The Morgan fingerprint density at radius 2 is 2.19 bits per heavy atom. The van der Waals surface area contributed by atoms with E-state index in [-0.39, 0.29) is 18.9 Å². The lowest BCUT2D eigenvalue weighted by Gasteiger charge is -2.11. The molecule has 0 spiro atoms. The lowest BCUT2D eigenvalue weighted by Crippen LogP contribution is -2.30.